The van der Waals surface area contributed by atoms with Gasteiger partial charge in [0.25, 0.3) is 0 Å². The van der Waals surface area contributed by atoms with E-state index >= 15 is 0 Å². The SMILES string of the molecule is C[NH2+][O-].Cl.[Cl-].[Cl-]. The molecule has 0 bridgehead atoms. The van der Waals surface area contributed by atoms with Crippen LogP contribution in [0.1, 0.15) is 0 Å². The number of hydroxylamine groups is 1. The maximum absolute atomic E-state index is 8.81. The van der Waals surface area contributed by atoms with Crippen molar-refractivity contribution in [2.75, 3.05) is 7.05 Å². The summed E-state index contributed by atoms with van der Waals surface area (Å²) in [6.07, 6.45) is 0. The molecule has 0 atom stereocenters. The van der Waals surface area contributed by atoms with Crippen LogP contribution in [-0.2, 0) is 0 Å². The molecule has 0 aliphatic heterocycles. The number of rotatable bonds is 0. The largest absolute Gasteiger partial charge is 1.00 e. The standard InChI is InChI=1S/CH5NO.3ClH/c1-2-3;;;/h2H2,1H3;3*1H/p-2. The molecule has 0 amide bonds. The molecule has 0 aromatic rings. The lowest BCUT2D eigenvalue weighted by Gasteiger charge is -1.79. The summed E-state index contributed by atoms with van der Waals surface area (Å²) in [6.45, 7) is 0. The van der Waals surface area contributed by atoms with Crippen molar-refractivity contribution < 1.29 is 30.3 Å². The molecule has 0 saturated heterocycles. The fourth-order valence-corrected chi connectivity index (χ4v) is 0. The summed E-state index contributed by atoms with van der Waals surface area (Å²) in [7, 11) is 1.44. The molecule has 0 fully saturated rings. The Balaban J connectivity index is -0.00000000667. The lowest BCUT2D eigenvalue weighted by atomic mass is 11.6. The fraction of sp³-hybridized carbons (Fsp3) is 1.00. The number of quaternary nitrogens is 1. The summed E-state index contributed by atoms with van der Waals surface area (Å²) in [5, 5.41) is 8.81. The zero-order valence-electron chi connectivity index (χ0n) is 3.15. The lowest BCUT2D eigenvalue weighted by Crippen LogP contribution is -3.00. The van der Waals surface area contributed by atoms with Gasteiger partial charge in [-0.25, -0.2) is 0 Å². The molecular weight excluding hydrogens is 148 g/mol. The highest BCUT2D eigenvalue weighted by atomic mass is 35.5. The molecule has 0 aliphatic carbocycles. The van der Waals surface area contributed by atoms with Gasteiger partial charge < -0.3 is 35.5 Å². The third-order valence-corrected chi connectivity index (χ3v) is 0. The second kappa shape index (κ2) is 41.5. The summed E-state index contributed by atoms with van der Waals surface area (Å²) in [5.74, 6) is 0. The van der Waals surface area contributed by atoms with Crippen LogP contribution in [0, 0.1) is 5.21 Å². The minimum atomic E-state index is 0. The summed E-state index contributed by atoms with van der Waals surface area (Å²) >= 11 is 0. The first-order chi connectivity index (χ1) is 1.41. The average Bonchev–Trinajstić information content (AvgIpc) is 0.918. The van der Waals surface area contributed by atoms with E-state index in [1.807, 2.05) is 0 Å². The van der Waals surface area contributed by atoms with Crippen LogP contribution in [-0.4, -0.2) is 7.05 Å². The Labute approximate surface area is 55.5 Å². The molecular formula is CH6Cl3NO-2. The lowest BCUT2D eigenvalue weighted by molar-refractivity contribution is -0.557. The second-order valence-electron chi connectivity index (χ2n) is 0.236. The number of hydrogen-bond acceptors (Lipinski definition) is 1. The predicted molar refractivity (Wildman–Crippen MR) is 18.5 cm³/mol. The van der Waals surface area contributed by atoms with Gasteiger partial charge in [-0.2, -0.15) is 0 Å². The maximum Gasteiger partial charge on any atom is 0.0647 e. The van der Waals surface area contributed by atoms with Gasteiger partial charge in [-0.05, 0) is 0 Å². The van der Waals surface area contributed by atoms with Crippen molar-refractivity contribution in [2.45, 2.75) is 0 Å². The Morgan fingerprint density at radius 2 is 1.33 bits per heavy atom. The molecule has 0 saturated carbocycles. The average molecular weight is 154 g/mol. The molecule has 0 aromatic carbocycles. The molecule has 6 heavy (non-hydrogen) atoms. The van der Waals surface area contributed by atoms with E-state index in [2.05, 4.69) is 0 Å². The monoisotopic (exact) mass is 153 g/mol. The van der Waals surface area contributed by atoms with Crippen molar-refractivity contribution in [2.24, 2.45) is 0 Å². The van der Waals surface area contributed by atoms with Crippen LogP contribution in [0.3, 0.4) is 0 Å². The van der Waals surface area contributed by atoms with E-state index in [-0.39, 0.29) is 37.2 Å². The van der Waals surface area contributed by atoms with Gasteiger partial charge in [0.2, 0.25) is 0 Å². The second-order valence-corrected chi connectivity index (χ2v) is 0.236. The van der Waals surface area contributed by atoms with Gasteiger partial charge in [0, 0.05) is 0 Å². The van der Waals surface area contributed by atoms with Gasteiger partial charge in [-0.15, -0.1) is 12.4 Å². The zero-order chi connectivity index (χ0) is 2.71. The van der Waals surface area contributed by atoms with Crippen molar-refractivity contribution in [1.82, 2.24) is 0 Å². The van der Waals surface area contributed by atoms with Crippen LogP contribution in [0.15, 0.2) is 0 Å². The molecule has 0 rings (SSSR count). The van der Waals surface area contributed by atoms with Gasteiger partial charge in [-0.1, -0.05) is 0 Å². The van der Waals surface area contributed by atoms with Gasteiger partial charge in [0.15, 0.2) is 0 Å². The molecule has 0 unspecified atom stereocenters. The quantitative estimate of drug-likeness (QED) is 0.346. The van der Waals surface area contributed by atoms with Crippen molar-refractivity contribution in [1.29, 1.82) is 0 Å². The Bertz CT molecular complexity index is 10.8. The predicted octanol–water partition coefficient (Wildman–Crippen LogP) is -6.89. The van der Waals surface area contributed by atoms with Crippen LogP contribution in [0.25, 0.3) is 0 Å². The van der Waals surface area contributed by atoms with Gasteiger partial charge in [0.1, 0.15) is 0 Å². The number of nitrogens with two attached hydrogens (primary N) is 1. The number of halogens is 3. The Morgan fingerprint density at radius 1 is 1.33 bits per heavy atom. The minimum Gasteiger partial charge on any atom is -1.00 e. The number of hydrogen-bond donors (Lipinski definition) is 1. The summed E-state index contributed by atoms with van der Waals surface area (Å²) in [4.78, 5) is 0. The highest BCUT2D eigenvalue weighted by Crippen LogP contribution is 0.692. The van der Waals surface area contributed by atoms with Gasteiger partial charge in [0.05, 0.1) is 7.05 Å². The molecule has 0 spiro atoms. The molecule has 44 valence electrons. The Kier molecular flexibility index (Phi) is 202. The zero-order valence-corrected chi connectivity index (χ0v) is 5.48. The van der Waals surface area contributed by atoms with Crippen molar-refractivity contribution >= 4 is 12.4 Å². The fourth-order valence-electron chi connectivity index (χ4n) is 0. The first-order valence-electron chi connectivity index (χ1n) is 0.813. The molecule has 0 aromatic heterocycles. The van der Waals surface area contributed by atoms with E-state index in [0.29, 0.717) is 0 Å². The third kappa shape index (κ3) is 110. The van der Waals surface area contributed by atoms with Crippen LogP contribution < -0.4 is 30.3 Å². The van der Waals surface area contributed by atoms with Crippen molar-refractivity contribution in [3.05, 3.63) is 5.21 Å². The Hall–Kier alpha value is 0.790. The summed E-state index contributed by atoms with van der Waals surface area (Å²) in [5.41, 5.74) is 0.750. The van der Waals surface area contributed by atoms with Crippen LogP contribution in [0.2, 0.25) is 0 Å². The summed E-state index contributed by atoms with van der Waals surface area (Å²) in [6, 6.07) is 0. The van der Waals surface area contributed by atoms with Crippen LogP contribution in [0.5, 0.6) is 0 Å². The maximum atomic E-state index is 8.81. The molecule has 2 N–H and O–H groups in total. The van der Waals surface area contributed by atoms with E-state index in [1.54, 1.807) is 0 Å². The third-order valence-electron chi connectivity index (χ3n) is 0. The first-order valence-corrected chi connectivity index (χ1v) is 0.813. The minimum absolute atomic E-state index is 0. The van der Waals surface area contributed by atoms with E-state index < -0.39 is 0 Å². The van der Waals surface area contributed by atoms with Crippen molar-refractivity contribution in [3.8, 4) is 0 Å². The highest BCUT2D eigenvalue weighted by Gasteiger charge is 1.12. The molecule has 0 radical (unpaired) electrons. The van der Waals surface area contributed by atoms with E-state index in [0.717, 1.165) is 5.48 Å². The van der Waals surface area contributed by atoms with E-state index in [9.17, 15) is 0 Å². The van der Waals surface area contributed by atoms with E-state index in [1.165, 1.54) is 7.05 Å². The first kappa shape index (κ1) is 29.2. The smallest absolute Gasteiger partial charge is 0.0647 e. The molecule has 2 nitrogen and oxygen atoms in total. The van der Waals surface area contributed by atoms with Gasteiger partial charge >= 0.3 is 0 Å². The van der Waals surface area contributed by atoms with Crippen LogP contribution >= 0.6 is 12.4 Å². The van der Waals surface area contributed by atoms with Crippen molar-refractivity contribution in [3.63, 3.8) is 0 Å². The molecule has 5 heteroatoms. The van der Waals surface area contributed by atoms with Gasteiger partial charge in [-0.3, -0.25) is 0 Å². The van der Waals surface area contributed by atoms with Crippen LogP contribution in [0.4, 0.5) is 0 Å². The molecule has 0 heterocycles. The van der Waals surface area contributed by atoms with E-state index in [4.69, 9.17) is 5.21 Å². The topological polar surface area (TPSA) is 39.7 Å². The Morgan fingerprint density at radius 3 is 1.33 bits per heavy atom. The summed E-state index contributed by atoms with van der Waals surface area (Å²) < 4.78 is 0. The highest BCUT2D eigenvalue weighted by molar-refractivity contribution is 5.85. The molecule has 0 aliphatic rings. The normalized spacial score (nSPS) is 3.00.